The molecule has 1 saturated heterocycles. The SMILES string of the molecule is CO[C@H]1OC(CO)[C@@H](O)[C@H](C)C1N=[N+]=[N-]. The van der Waals surface area contributed by atoms with E-state index in [9.17, 15) is 5.11 Å². The normalized spacial score (nSPS) is 40.9. The number of methoxy groups -OCH3 is 1. The van der Waals surface area contributed by atoms with Crippen molar-refractivity contribution in [3.63, 3.8) is 0 Å². The molecule has 1 fully saturated rings. The monoisotopic (exact) mass is 217 g/mol. The maximum absolute atomic E-state index is 9.72. The summed E-state index contributed by atoms with van der Waals surface area (Å²) in [6.45, 7) is 1.43. The molecule has 2 unspecified atom stereocenters. The fourth-order valence-electron chi connectivity index (χ4n) is 1.69. The minimum atomic E-state index is -0.864. The van der Waals surface area contributed by atoms with Crippen molar-refractivity contribution < 1.29 is 19.7 Å². The minimum Gasteiger partial charge on any atom is -0.394 e. The highest BCUT2D eigenvalue weighted by Crippen LogP contribution is 2.28. The third kappa shape index (κ3) is 2.39. The fraction of sp³-hybridized carbons (Fsp3) is 1.00. The lowest BCUT2D eigenvalue weighted by molar-refractivity contribution is -0.243. The molecule has 15 heavy (non-hydrogen) atoms. The predicted octanol–water partition coefficient (Wildman–Crippen LogP) is 0.0259. The van der Waals surface area contributed by atoms with E-state index < -0.39 is 24.5 Å². The van der Waals surface area contributed by atoms with E-state index in [1.54, 1.807) is 6.92 Å². The molecule has 0 saturated carbocycles. The molecule has 0 aromatic heterocycles. The third-order valence-corrected chi connectivity index (χ3v) is 2.64. The zero-order valence-electron chi connectivity index (χ0n) is 8.65. The van der Waals surface area contributed by atoms with Crippen molar-refractivity contribution in [2.24, 2.45) is 11.0 Å². The molecule has 7 nitrogen and oxygen atoms in total. The van der Waals surface area contributed by atoms with Gasteiger partial charge in [-0.15, -0.1) is 0 Å². The molecule has 1 rings (SSSR count). The number of aliphatic hydroxyl groups is 2. The third-order valence-electron chi connectivity index (χ3n) is 2.64. The van der Waals surface area contributed by atoms with Gasteiger partial charge in [-0.05, 0) is 11.4 Å². The standard InChI is InChI=1S/C8H15N3O4/c1-4-6(10-11-9)8(14-2)15-5(3-12)7(4)13/h4-8,12-13H,3H2,1-2H3/t4-,5?,6?,7+,8+/m1/s1. The Morgan fingerprint density at radius 1 is 1.60 bits per heavy atom. The Bertz CT molecular complexity index is 254. The summed E-state index contributed by atoms with van der Waals surface area (Å²) in [6.07, 6.45) is -2.29. The van der Waals surface area contributed by atoms with Crippen LogP contribution in [0.3, 0.4) is 0 Å². The molecule has 0 spiro atoms. The number of hydrogen-bond acceptors (Lipinski definition) is 5. The Labute approximate surface area is 87.2 Å². The first-order chi connectivity index (χ1) is 7.15. The minimum absolute atomic E-state index is 0.297. The number of ether oxygens (including phenoxy) is 2. The van der Waals surface area contributed by atoms with Crippen LogP contribution >= 0.6 is 0 Å². The first kappa shape index (κ1) is 12.2. The molecular weight excluding hydrogens is 202 g/mol. The Hall–Kier alpha value is -0.850. The first-order valence-electron chi connectivity index (χ1n) is 4.67. The van der Waals surface area contributed by atoms with Gasteiger partial charge in [-0.1, -0.05) is 12.0 Å². The van der Waals surface area contributed by atoms with E-state index in [0.717, 1.165) is 0 Å². The quantitative estimate of drug-likeness (QED) is 0.395. The Kier molecular flexibility index (Phi) is 4.31. The number of azide groups is 1. The average molecular weight is 217 g/mol. The molecule has 1 aliphatic heterocycles. The largest absolute Gasteiger partial charge is 0.394 e. The Balaban J connectivity index is 2.83. The van der Waals surface area contributed by atoms with Crippen LogP contribution in [-0.2, 0) is 9.47 Å². The molecule has 1 heterocycles. The van der Waals surface area contributed by atoms with Crippen LogP contribution in [0.5, 0.6) is 0 Å². The number of rotatable bonds is 3. The summed E-state index contributed by atoms with van der Waals surface area (Å²) in [7, 11) is 1.42. The summed E-state index contributed by atoms with van der Waals surface area (Å²) in [6, 6.07) is -0.585. The summed E-state index contributed by atoms with van der Waals surface area (Å²) in [5.74, 6) is -0.322. The lowest BCUT2D eigenvalue weighted by Crippen LogP contribution is -2.54. The Morgan fingerprint density at radius 3 is 2.73 bits per heavy atom. The van der Waals surface area contributed by atoms with Crippen LogP contribution in [0.2, 0.25) is 0 Å². The molecule has 0 amide bonds. The second-order valence-corrected chi connectivity index (χ2v) is 3.51. The van der Waals surface area contributed by atoms with E-state index in [2.05, 4.69) is 10.0 Å². The predicted molar refractivity (Wildman–Crippen MR) is 50.9 cm³/mol. The second kappa shape index (κ2) is 5.29. The highest BCUT2D eigenvalue weighted by atomic mass is 16.7. The highest BCUT2D eigenvalue weighted by Gasteiger charge is 2.42. The zero-order chi connectivity index (χ0) is 11.4. The van der Waals surface area contributed by atoms with Crippen LogP contribution in [0.15, 0.2) is 5.11 Å². The summed E-state index contributed by atoms with van der Waals surface area (Å²) in [5.41, 5.74) is 8.38. The van der Waals surface area contributed by atoms with E-state index in [-0.39, 0.29) is 12.5 Å². The van der Waals surface area contributed by atoms with E-state index in [4.69, 9.17) is 20.1 Å². The molecule has 1 aliphatic rings. The van der Waals surface area contributed by atoms with Crippen LogP contribution in [0, 0.1) is 5.92 Å². The molecule has 0 aromatic carbocycles. The van der Waals surface area contributed by atoms with Crippen LogP contribution in [-0.4, -0.2) is 48.5 Å². The van der Waals surface area contributed by atoms with Crippen LogP contribution in [0.1, 0.15) is 6.92 Å². The molecule has 0 aliphatic carbocycles. The van der Waals surface area contributed by atoms with E-state index in [0.29, 0.717) is 0 Å². The van der Waals surface area contributed by atoms with Crippen molar-refractivity contribution in [2.45, 2.75) is 31.5 Å². The summed E-state index contributed by atoms with van der Waals surface area (Å²) in [4.78, 5) is 2.68. The van der Waals surface area contributed by atoms with Gasteiger partial charge in [0, 0.05) is 12.0 Å². The van der Waals surface area contributed by atoms with Gasteiger partial charge in [0.05, 0.1) is 18.8 Å². The second-order valence-electron chi connectivity index (χ2n) is 3.51. The molecular formula is C8H15N3O4. The van der Waals surface area contributed by atoms with Gasteiger partial charge >= 0.3 is 0 Å². The van der Waals surface area contributed by atoms with Crippen molar-refractivity contribution >= 4 is 0 Å². The summed E-state index contributed by atoms with van der Waals surface area (Å²) >= 11 is 0. The van der Waals surface area contributed by atoms with Gasteiger partial charge in [0.2, 0.25) is 0 Å². The summed E-state index contributed by atoms with van der Waals surface area (Å²) < 4.78 is 10.2. The molecule has 0 aromatic rings. The summed E-state index contributed by atoms with van der Waals surface area (Å²) in [5, 5.41) is 22.2. The van der Waals surface area contributed by atoms with Crippen molar-refractivity contribution in [1.29, 1.82) is 0 Å². The van der Waals surface area contributed by atoms with Gasteiger partial charge in [0.25, 0.3) is 0 Å². The van der Waals surface area contributed by atoms with E-state index >= 15 is 0 Å². The highest BCUT2D eigenvalue weighted by molar-refractivity contribution is 4.90. The molecule has 0 radical (unpaired) electrons. The first-order valence-corrected chi connectivity index (χ1v) is 4.67. The fourth-order valence-corrected chi connectivity index (χ4v) is 1.69. The van der Waals surface area contributed by atoms with Crippen LogP contribution in [0.25, 0.3) is 10.4 Å². The lowest BCUT2D eigenvalue weighted by atomic mass is 9.89. The average Bonchev–Trinajstić information content (AvgIpc) is 2.25. The van der Waals surface area contributed by atoms with Gasteiger partial charge in [-0.2, -0.15) is 0 Å². The number of nitrogens with zero attached hydrogens (tertiary/aromatic N) is 3. The van der Waals surface area contributed by atoms with Gasteiger partial charge in [0.15, 0.2) is 6.29 Å². The van der Waals surface area contributed by atoms with Crippen LogP contribution < -0.4 is 0 Å². The van der Waals surface area contributed by atoms with E-state index in [1.807, 2.05) is 0 Å². The van der Waals surface area contributed by atoms with Crippen LogP contribution in [0.4, 0.5) is 0 Å². The topological polar surface area (TPSA) is 108 Å². The van der Waals surface area contributed by atoms with Gasteiger partial charge < -0.3 is 19.7 Å². The molecule has 86 valence electrons. The molecule has 0 bridgehead atoms. The van der Waals surface area contributed by atoms with Crippen molar-refractivity contribution in [3.05, 3.63) is 10.4 Å². The van der Waals surface area contributed by atoms with Crippen molar-refractivity contribution in [2.75, 3.05) is 13.7 Å². The molecule has 5 atom stereocenters. The Morgan fingerprint density at radius 2 is 2.27 bits per heavy atom. The maximum Gasteiger partial charge on any atom is 0.166 e. The molecule has 2 N–H and O–H groups in total. The number of hydrogen-bond donors (Lipinski definition) is 2. The van der Waals surface area contributed by atoms with Gasteiger partial charge in [-0.3, -0.25) is 0 Å². The van der Waals surface area contributed by atoms with Gasteiger partial charge in [0.1, 0.15) is 6.10 Å². The van der Waals surface area contributed by atoms with E-state index in [1.165, 1.54) is 7.11 Å². The zero-order valence-corrected chi connectivity index (χ0v) is 8.65. The number of aliphatic hydroxyl groups excluding tert-OH is 2. The lowest BCUT2D eigenvalue weighted by Gasteiger charge is -2.40. The van der Waals surface area contributed by atoms with Crippen molar-refractivity contribution in [1.82, 2.24) is 0 Å². The van der Waals surface area contributed by atoms with Crippen molar-refractivity contribution in [3.8, 4) is 0 Å². The smallest absolute Gasteiger partial charge is 0.166 e. The van der Waals surface area contributed by atoms with Gasteiger partial charge in [-0.25, -0.2) is 0 Å². The molecule has 7 heteroatoms. The maximum atomic E-state index is 9.72.